The Morgan fingerprint density at radius 3 is 2.63 bits per heavy atom. The van der Waals surface area contributed by atoms with Crippen LogP contribution in [-0.4, -0.2) is 41.4 Å². The van der Waals surface area contributed by atoms with Crippen LogP contribution in [0.2, 0.25) is 0 Å². The fraction of sp³-hybridized carbons (Fsp3) is 0.733. The zero-order valence-corrected chi connectivity index (χ0v) is 13.3. The lowest BCUT2D eigenvalue weighted by molar-refractivity contribution is -0.0147. The van der Waals surface area contributed by atoms with Gasteiger partial charge >= 0.3 is 0 Å². The van der Waals surface area contributed by atoms with E-state index < -0.39 is 6.10 Å². The second-order valence-electron chi connectivity index (χ2n) is 5.30. The summed E-state index contributed by atoms with van der Waals surface area (Å²) in [5.41, 5.74) is 0. The van der Waals surface area contributed by atoms with E-state index in [1.807, 2.05) is 13.8 Å². The van der Waals surface area contributed by atoms with Crippen molar-refractivity contribution >= 4 is 11.3 Å². The van der Waals surface area contributed by atoms with Crippen molar-refractivity contribution < 1.29 is 9.84 Å². The first-order valence-corrected chi connectivity index (χ1v) is 7.97. The highest BCUT2D eigenvalue weighted by Crippen LogP contribution is 2.15. The number of hydrogen-bond acceptors (Lipinski definition) is 4. The van der Waals surface area contributed by atoms with Crippen molar-refractivity contribution in [2.75, 3.05) is 13.2 Å². The van der Waals surface area contributed by atoms with Crippen molar-refractivity contribution in [3.8, 4) is 0 Å². The fourth-order valence-corrected chi connectivity index (χ4v) is 2.62. The molecule has 19 heavy (non-hydrogen) atoms. The van der Waals surface area contributed by atoms with E-state index in [1.165, 1.54) is 4.88 Å². The topological polar surface area (TPSA) is 32.7 Å². The Labute approximate surface area is 121 Å². The molecule has 1 N–H and O–H groups in total. The Balaban J connectivity index is 2.49. The highest BCUT2D eigenvalue weighted by Gasteiger charge is 2.17. The maximum absolute atomic E-state index is 10.1. The van der Waals surface area contributed by atoms with Crippen LogP contribution in [0.3, 0.4) is 0 Å². The molecule has 0 saturated heterocycles. The number of nitrogens with zero attached hydrogens (tertiary/aromatic N) is 1. The quantitative estimate of drug-likeness (QED) is 0.756. The third-order valence-electron chi connectivity index (χ3n) is 3.22. The van der Waals surface area contributed by atoms with Crippen molar-refractivity contribution in [2.45, 2.75) is 58.9 Å². The summed E-state index contributed by atoms with van der Waals surface area (Å²) in [5.74, 6) is 0. The largest absolute Gasteiger partial charge is 0.389 e. The minimum absolute atomic E-state index is 0.170. The van der Waals surface area contributed by atoms with Crippen LogP contribution in [0.15, 0.2) is 17.5 Å². The number of aliphatic hydroxyl groups is 1. The normalized spacial score (nSPS) is 15.1. The molecule has 0 saturated carbocycles. The number of aliphatic hydroxyl groups excluding tert-OH is 1. The van der Waals surface area contributed by atoms with Gasteiger partial charge < -0.3 is 9.84 Å². The third kappa shape index (κ3) is 6.52. The van der Waals surface area contributed by atoms with Gasteiger partial charge in [-0.25, -0.2) is 0 Å². The van der Waals surface area contributed by atoms with E-state index in [4.69, 9.17) is 4.74 Å². The summed E-state index contributed by atoms with van der Waals surface area (Å²) in [6.45, 7) is 10.4. The molecule has 4 heteroatoms. The number of ether oxygens (including phenoxy) is 1. The molecule has 110 valence electrons. The molecule has 0 aliphatic rings. The molecule has 0 amide bonds. The molecule has 0 aromatic carbocycles. The van der Waals surface area contributed by atoms with Crippen LogP contribution in [0.25, 0.3) is 0 Å². The van der Waals surface area contributed by atoms with Crippen molar-refractivity contribution in [3.63, 3.8) is 0 Å². The average molecular weight is 285 g/mol. The Bertz CT molecular complexity index is 327. The molecule has 1 heterocycles. The van der Waals surface area contributed by atoms with E-state index in [9.17, 15) is 5.11 Å². The van der Waals surface area contributed by atoms with E-state index in [2.05, 4.69) is 36.3 Å². The molecule has 1 aromatic heterocycles. The molecule has 0 aliphatic heterocycles. The standard InChI is InChI=1S/C15H27NO2S/c1-5-13(4)16(10-15-7-6-8-19-15)9-14(17)11-18-12(2)3/h6-8,12-14,17H,5,9-11H2,1-4H3/t13-,14+/m0/s1. The molecule has 0 radical (unpaired) electrons. The molecule has 0 fully saturated rings. The second kappa shape index (κ2) is 8.69. The Morgan fingerprint density at radius 2 is 2.11 bits per heavy atom. The molecule has 2 atom stereocenters. The van der Waals surface area contributed by atoms with Crippen LogP contribution in [0, 0.1) is 0 Å². The zero-order chi connectivity index (χ0) is 14.3. The molecule has 3 nitrogen and oxygen atoms in total. The van der Waals surface area contributed by atoms with Gasteiger partial charge in [0.1, 0.15) is 0 Å². The lowest BCUT2D eigenvalue weighted by Crippen LogP contribution is -2.40. The predicted octanol–water partition coefficient (Wildman–Crippen LogP) is 3.13. The molecule has 0 bridgehead atoms. The van der Waals surface area contributed by atoms with Gasteiger partial charge in [0.15, 0.2) is 0 Å². The molecule has 0 unspecified atom stereocenters. The van der Waals surface area contributed by atoms with Gasteiger partial charge in [-0.1, -0.05) is 13.0 Å². The number of hydrogen-bond donors (Lipinski definition) is 1. The third-order valence-corrected chi connectivity index (χ3v) is 4.08. The minimum atomic E-state index is -0.420. The van der Waals surface area contributed by atoms with Gasteiger partial charge in [-0.15, -0.1) is 11.3 Å². The van der Waals surface area contributed by atoms with Crippen molar-refractivity contribution in [1.82, 2.24) is 4.90 Å². The lowest BCUT2D eigenvalue weighted by Gasteiger charge is -2.30. The van der Waals surface area contributed by atoms with Crippen LogP contribution in [0.1, 0.15) is 39.0 Å². The van der Waals surface area contributed by atoms with E-state index in [0.717, 1.165) is 13.0 Å². The number of thiophene rings is 1. The van der Waals surface area contributed by atoms with Crippen LogP contribution in [0.4, 0.5) is 0 Å². The number of rotatable bonds is 9. The average Bonchev–Trinajstić information content (AvgIpc) is 2.87. The highest BCUT2D eigenvalue weighted by atomic mass is 32.1. The van der Waals surface area contributed by atoms with E-state index in [0.29, 0.717) is 19.2 Å². The maximum Gasteiger partial charge on any atom is 0.0900 e. The van der Waals surface area contributed by atoms with Crippen LogP contribution < -0.4 is 0 Å². The molecule has 1 aromatic rings. The summed E-state index contributed by atoms with van der Waals surface area (Å²) < 4.78 is 5.48. The Kier molecular flexibility index (Phi) is 7.61. The first-order valence-electron chi connectivity index (χ1n) is 7.09. The van der Waals surface area contributed by atoms with Gasteiger partial charge in [-0.3, -0.25) is 4.90 Å². The minimum Gasteiger partial charge on any atom is -0.389 e. The Hall–Kier alpha value is -0.420. The maximum atomic E-state index is 10.1. The lowest BCUT2D eigenvalue weighted by atomic mass is 10.2. The first kappa shape index (κ1) is 16.6. The predicted molar refractivity (Wildman–Crippen MR) is 81.6 cm³/mol. The molecule has 0 aliphatic carbocycles. The van der Waals surface area contributed by atoms with Gasteiger partial charge in [-0.2, -0.15) is 0 Å². The summed E-state index contributed by atoms with van der Waals surface area (Å²) in [7, 11) is 0. The second-order valence-corrected chi connectivity index (χ2v) is 6.33. The van der Waals surface area contributed by atoms with Crippen LogP contribution >= 0.6 is 11.3 Å². The van der Waals surface area contributed by atoms with Gasteiger partial charge in [-0.05, 0) is 38.6 Å². The van der Waals surface area contributed by atoms with Gasteiger partial charge in [0, 0.05) is 24.0 Å². The summed E-state index contributed by atoms with van der Waals surface area (Å²) >= 11 is 1.77. The molecular weight excluding hydrogens is 258 g/mol. The summed E-state index contributed by atoms with van der Waals surface area (Å²) in [4.78, 5) is 3.68. The Morgan fingerprint density at radius 1 is 1.37 bits per heavy atom. The monoisotopic (exact) mass is 285 g/mol. The highest BCUT2D eigenvalue weighted by molar-refractivity contribution is 7.09. The summed E-state index contributed by atoms with van der Waals surface area (Å²) in [6, 6.07) is 4.69. The van der Waals surface area contributed by atoms with Crippen LogP contribution in [-0.2, 0) is 11.3 Å². The van der Waals surface area contributed by atoms with Crippen molar-refractivity contribution in [3.05, 3.63) is 22.4 Å². The first-order chi connectivity index (χ1) is 9.02. The van der Waals surface area contributed by atoms with Crippen LogP contribution in [0.5, 0.6) is 0 Å². The smallest absolute Gasteiger partial charge is 0.0900 e. The summed E-state index contributed by atoms with van der Waals surface area (Å²) in [6.07, 6.45) is 0.837. The molecule has 0 spiro atoms. The van der Waals surface area contributed by atoms with Crippen molar-refractivity contribution in [2.24, 2.45) is 0 Å². The summed E-state index contributed by atoms with van der Waals surface area (Å²) in [5, 5.41) is 12.2. The fourth-order valence-electron chi connectivity index (χ4n) is 1.89. The van der Waals surface area contributed by atoms with E-state index >= 15 is 0 Å². The molecular formula is C15H27NO2S. The van der Waals surface area contributed by atoms with E-state index in [1.54, 1.807) is 11.3 Å². The van der Waals surface area contributed by atoms with E-state index in [-0.39, 0.29) is 6.10 Å². The van der Waals surface area contributed by atoms with Gasteiger partial charge in [0.2, 0.25) is 0 Å². The van der Waals surface area contributed by atoms with Gasteiger partial charge in [0.25, 0.3) is 0 Å². The van der Waals surface area contributed by atoms with Crippen molar-refractivity contribution in [1.29, 1.82) is 0 Å². The SMILES string of the molecule is CC[C@H](C)N(Cc1cccs1)C[C@@H](O)COC(C)C. The zero-order valence-electron chi connectivity index (χ0n) is 12.5. The van der Waals surface area contributed by atoms with Gasteiger partial charge in [0.05, 0.1) is 18.8 Å². The molecule has 1 rings (SSSR count).